The first-order chi connectivity index (χ1) is 9.55. The molecule has 2 rings (SSSR count). The number of carbonyl (C=O) groups is 1. The van der Waals surface area contributed by atoms with Crippen LogP contribution in [0.1, 0.15) is 45.4 Å². The Morgan fingerprint density at radius 2 is 2.10 bits per heavy atom. The zero-order valence-electron chi connectivity index (χ0n) is 12.1. The molecule has 0 bridgehead atoms. The normalized spacial score (nSPS) is 30.5. The molecule has 0 radical (unpaired) electrons. The third-order valence-corrected chi connectivity index (χ3v) is 4.73. The number of hydrogen-bond donors (Lipinski definition) is 3. The lowest BCUT2D eigenvalue weighted by Gasteiger charge is -2.49. The van der Waals surface area contributed by atoms with Crippen molar-refractivity contribution in [1.29, 1.82) is 0 Å². The average molecular weight is 283 g/mol. The number of aliphatic hydroxyl groups excluding tert-OH is 1. The fourth-order valence-corrected chi connectivity index (χ4v) is 3.38. The number of aliphatic hydroxyl groups is 1. The highest BCUT2D eigenvalue weighted by atomic mass is 16.4. The third kappa shape index (κ3) is 2.49. The second-order valence-electron chi connectivity index (χ2n) is 6.24. The van der Waals surface area contributed by atoms with Gasteiger partial charge in [-0.3, -0.25) is 4.79 Å². The number of hydrogen-bond acceptors (Lipinski definition) is 4. The van der Waals surface area contributed by atoms with Crippen molar-refractivity contribution < 1.29 is 15.1 Å². The minimum Gasteiger partial charge on any atom is -0.409 e. The quantitative estimate of drug-likeness (QED) is 0.292. The Bertz CT molecular complexity index is 387. The van der Waals surface area contributed by atoms with Crippen molar-refractivity contribution in [3.63, 3.8) is 0 Å². The Hall–Kier alpha value is -1.30. The van der Waals surface area contributed by atoms with Gasteiger partial charge in [-0.05, 0) is 44.4 Å². The van der Waals surface area contributed by atoms with Crippen LogP contribution in [0.5, 0.6) is 0 Å². The molecule has 114 valence electrons. The Labute approximate surface area is 119 Å². The van der Waals surface area contributed by atoms with Gasteiger partial charge in [-0.15, -0.1) is 0 Å². The molecule has 4 N–H and O–H groups in total. The van der Waals surface area contributed by atoms with E-state index in [0.717, 1.165) is 19.3 Å². The van der Waals surface area contributed by atoms with Gasteiger partial charge in [-0.1, -0.05) is 12.1 Å². The molecule has 20 heavy (non-hydrogen) atoms. The van der Waals surface area contributed by atoms with Crippen LogP contribution in [-0.4, -0.2) is 46.1 Å². The summed E-state index contributed by atoms with van der Waals surface area (Å²) in [5.74, 6) is 0.429. The average Bonchev–Trinajstić information content (AvgIpc) is 2.35. The van der Waals surface area contributed by atoms with Crippen molar-refractivity contribution in [2.75, 3.05) is 13.2 Å². The van der Waals surface area contributed by atoms with Gasteiger partial charge in [0, 0.05) is 19.2 Å². The molecule has 6 nitrogen and oxygen atoms in total. The van der Waals surface area contributed by atoms with Crippen LogP contribution in [0.2, 0.25) is 0 Å². The number of amides is 1. The largest absolute Gasteiger partial charge is 0.409 e. The summed E-state index contributed by atoms with van der Waals surface area (Å²) in [6, 6.07) is 0.258. The third-order valence-electron chi connectivity index (χ3n) is 4.73. The molecule has 2 saturated carbocycles. The molecule has 1 amide bonds. The summed E-state index contributed by atoms with van der Waals surface area (Å²) in [7, 11) is 0. The number of nitrogens with two attached hydrogens (primary N) is 1. The monoisotopic (exact) mass is 283 g/mol. The van der Waals surface area contributed by atoms with Crippen molar-refractivity contribution in [1.82, 2.24) is 4.90 Å². The molecular weight excluding hydrogens is 258 g/mol. The summed E-state index contributed by atoms with van der Waals surface area (Å²) in [5.41, 5.74) is 4.99. The highest BCUT2D eigenvalue weighted by Gasteiger charge is 2.54. The maximum absolute atomic E-state index is 12.9. The van der Waals surface area contributed by atoms with Gasteiger partial charge in [0.1, 0.15) is 5.41 Å². The van der Waals surface area contributed by atoms with Crippen molar-refractivity contribution in [2.24, 2.45) is 22.2 Å². The van der Waals surface area contributed by atoms with Crippen LogP contribution in [-0.2, 0) is 4.79 Å². The van der Waals surface area contributed by atoms with Gasteiger partial charge in [-0.25, -0.2) is 0 Å². The molecule has 0 aromatic carbocycles. The van der Waals surface area contributed by atoms with Crippen LogP contribution in [0.25, 0.3) is 0 Å². The molecule has 6 heteroatoms. The van der Waals surface area contributed by atoms with E-state index in [1.54, 1.807) is 0 Å². The zero-order chi connectivity index (χ0) is 14.8. The number of oxime groups is 1. The summed E-state index contributed by atoms with van der Waals surface area (Å²) in [6.07, 6.45) is 5.02. The standard InChI is InChI=1S/C14H25N3O3/c1-10-8-14(9-10,12(15)16-20)13(19)17(6-3-7-18)11-4-2-5-11/h10-11,18,20H,2-9H2,1H3,(H2,15,16). The summed E-state index contributed by atoms with van der Waals surface area (Å²) >= 11 is 0. The fraction of sp³-hybridized carbons (Fsp3) is 0.857. The highest BCUT2D eigenvalue weighted by Crippen LogP contribution is 2.48. The van der Waals surface area contributed by atoms with E-state index in [0.29, 0.717) is 31.7 Å². The molecule has 0 saturated heterocycles. The van der Waals surface area contributed by atoms with E-state index >= 15 is 0 Å². The van der Waals surface area contributed by atoms with Crippen LogP contribution in [0.4, 0.5) is 0 Å². The molecule has 0 spiro atoms. The van der Waals surface area contributed by atoms with Gasteiger partial charge in [0.2, 0.25) is 5.91 Å². The van der Waals surface area contributed by atoms with Gasteiger partial charge in [0.15, 0.2) is 5.84 Å². The SMILES string of the molecule is CC1CC(C(=O)N(CCCO)C2CCC2)(C(N)=NO)C1. The maximum atomic E-state index is 12.9. The molecule has 0 unspecified atom stereocenters. The molecule has 0 atom stereocenters. The summed E-state index contributed by atoms with van der Waals surface area (Å²) in [5, 5.41) is 21.1. The highest BCUT2D eigenvalue weighted by molar-refractivity contribution is 6.07. The van der Waals surface area contributed by atoms with Crippen LogP contribution in [0, 0.1) is 11.3 Å². The number of amidine groups is 1. The van der Waals surface area contributed by atoms with E-state index in [1.807, 2.05) is 4.90 Å². The van der Waals surface area contributed by atoms with Gasteiger partial charge in [0.25, 0.3) is 0 Å². The predicted molar refractivity (Wildman–Crippen MR) is 75.3 cm³/mol. The molecule has 0 heterocycles. The van der Waals surface area contributed by atoms with Gasteiger partial charge in [-0.2, -0.15) is 0 Å². The summed E-state index contributed by atoms with van der Waals surface area (Å²) in [4.78, 5) is 14.8. The lowest BCUT2D eigenvalue weighted by Crippen LogP contribution is -2.60. The topological polar surface area (TPSA) is 99.2 Å². The van der Waals surface area contributed by atoms with E-state index in [-0.39, 0.29) is 24.4 Å². The lowest BCUT2D eigenvalue weighted by atomic mass is 9.60. The first-order valence-corrected chi connectivity index (χ1v) is 7.45. The molecule has 0 aromatic rings. The Balaban J connectivity index is 2.15. The smallest absolute Gasteiger partial charge is 0.236 e. The van der Waals surface area contributed by atoms with E-state index in [2.05, 4.69) is 12.1 Å². The Morgan fingerprint density at radius 3 is 2.50 bits per heavy atom. The molecule has 0 aromatic heterocycles. The number of nitrogens with zero attached hydrogens (tertiary/aromatic N) is 2. The van der Waals surface area contributed by atoms with Crippen molar-refractivity contribution >= 4 is 11.7 Å². The Morgan fingerprint density at radius 1 is 1.45 bits per heavy atom. The predicted octanol–water partition coefficient (Wildman–Crippen LogP) is 0.913. The van der Waals surface area contributed by atoms with Gasteiger partial charge < -0.3 is 20.9 Å². The summed E-state index contributed by atoms with van der Waals surface area (Å²) in [6.45, 7) is 2.69. The second kappa shape index (κ2) is 5.99. The number of carbonyl (C=O) groups excluding carboxylic acids is 1. The summed E-state index contributed by atoms with van der Waals surface area (Å²) < 4.78 is 0. The Kier molecular flexibility index (Phi) is 4.52. The van der Waals surface area contributed by atoms with Crippen LogP contribution < -0.4 is 5.73 Å². The first-order valence-electron chi connectivity index (χ1n) is 7.45. The van der Waals surface area contributed by atoms with Crippen molar-refractivity contribution in [3.8, 4) is 0 Å². The molecular formula is C14H25N3O3. The minimum atomic E-state index is -0.820. The van der Waals surface area contributed by atoms with Crippen LogP contribution in [0.15, 0.2) is 5.16 Å². The molecule has 2 aliphatic carbocycles. The van der Waals surface area contributed by atoms with Crippen LogP contribution in [0.3, 0.4) is 0 Å². The minimum absolute atomic E-state index is 0.0240. The maximum Gasteiger partial charge on any atom is 0.236 e. The van der Waals surface area contributed by atoms with E-state index in [1.165, 1.54) is 0 Å². The molecule has 0 aliphatic heterocycles. The van der Waals surface area contributed by atoms with E-state index in [4.69, 9.17) is 16.0 Å². The van der Waals surface area contributed by atoms with Crippen molar-refractivity contribution in [2.45, 2.75) is 51.5 Å². The number of rotatable bonds is 6. The van der Waals surface area contributed by atoms with Crippen LogP contribution >= 0.6 is 0 Å². The first kappa shape index (κ1) is 15.1. The lowest BCUT2D eigenvalue weighted by molar-refractivity contribution is -0.149. The van der Waals surface area contributed by atoms with E-state index in [9.17, 15) is 4.79 Å². The van der Waals surface area contributed by atoms with E-state index < -0.39 is 5.41 Å². The van der Waals surface area contributed by atoms with Gasteiger partial charge in [0.05, 0.1) is 0 Å². The van der Waals surface area contributed by atoms with Crippen molar-refractivity contribution in [3.05, 3.63) is 0 Å². The van der Waals surface area contributed by atoms with Gasteiger partial charge >= 0.3 is 0 Å². The molecule has 2 fully saturated rings. The second-order valence-corrected chi connectivity index (χ2v) is 6.24. The molecule has 2 aliphatic rings. The zero-order valence-corrected chi connectivity index (χ0v) is 12.1. The fourth-order valence-electron chi connectivity index (χ4n) is 3.38.